The third kappa shape index (κ3) is 4.65. The molecule has 0 saturated carbocycles. The van der Waals surface area contributed by atoms with Gasteiger partial charge in [0.1, 0.15) is 17.6 Å². The Kier molecular flexibility index (Phi) is 5.75. The van der Waals surface area contributed by atoms with Crippen LogP contribution in [-0.2, 0) is 22.6 Å². The Morgan fingerprint density at radius 2 is 2.11 bits per heavy atom. The highest BCUT2D eigenvalue weighted by Crippen LogP contribution is 2.20. The molecule has 1 saturated heterocycles. The van der Waals surface area contributed by atoms with Gasteiger partial charge in [0.15, 0.2) is 0 Å². The van der Waals surface area contributed by atoms with Gasteiger partial charge in [-0.1, -0.05) is 17.3 Å². The minimum absolute atomic E-state index is 0.00974. The van der Waals surface area contributed by atoms with Crippen LogP contribution in [-0.4, -0.2) is 52.8 Å². The van der Waals surface area contributed by atoms with E-state index in [1.54, 1.807) is 20.1 Å². The molecule has 2 N–H and O–H groups in total. The number of aliphatic hydroxyl groups excluding tert-OH is 1. The lowest BCUT2D eigenvalue weighted by molar-refractivity contribution is -0.138. The summed E-state index contributed by atoms with van der Waals surface area (Å²) in [5.74, 6) is 0.622. The number of aliphatic hydroxyl groups is 1. The first kappa shape index (κ1) is 18.9. The van der Waals surface area contributed by atoms with E-state index in [2.05, 4.69) is 10.5 Å². The molecule has 1 aromatic heterocycles. The molecule has 0 spiro atoms. The van der Waals surface area contributed by atoms with E-state index in [1.807, 2.05) is 24.3 Å². The van der Waals surface area contributed by atoms with Gasteiger partial charge in [0.05, 0.1) is 25.3 Å². The quantitative estimate of drug-likeness (QED) is 0.777. The molecule has 8 heteroatoms. The number of aryl methyl sites for hydroxylation is 1. The maximum absolute atomic E-state index is 12.6. The number of β-amino-alcohol motifs (C(OH)–C–C–N with tert-alkyl or cyclic N) is 1. The van der Waals surface area contributed by atoms with E-state index in [4.69, 9.17) is 9.26 Å². The van der Waals surface area contributed by atoms with Crippen LogP contribution in [0, 0.1) is 6.92 Å². The summed E-state index contributed by atoms with van der Waals surface area (Å²) in [5, 5.41) is 16.5. The number of benzene rings is 1. The van der Waals surface area contributed by atoms with Gasteiger partial charge >= 0.3 is 0 Å². The molecule has 1 aliphatic rings. The summed E-state index contributed by atoms with van der Waals surface area (Å²) in [6.07, 6.45) is -0.493. The fourth-order valence-electron chi connectivity index (χ4n) is 3.14. The molecule has 3 rings (SSSR count). The van der Waals surface area contributed by atoms with Crippen molar-refractivity contribution in [1.29, 1.82) is 0 Å². The Labute approximate surface area is 157 Å². The van der Waals surface area contributed by atoms with Crippen LogP contribution < -0.4 is 10.1 Å². The topological polar surface area (TPSA) is 105 Å². The highest BCUT2D eigenvalue weighted by molar-refractivity contribution is 5.89. The van der Waals surface area contributed by atoms with E-state index in [0.29, 0.717) is 18.0 Å². The molecular formula is C19H23N3O5. The van der Waals surface area contributed by atoms with Crippen molar-refractivity contribution in [3.63, 3.8) is 0 Å². The zero-order valence-corrected chi connectivity index (χ0v) is 15.3. The molecule has 1 aliphatic heterocycles. The zero-order chi connectivity index (χ0) is 19.4. The Bertz CT molecular complexity index is 802. The number of carbonyl (C=O) groups excluding carboxylic acids is 2. The Balaban J connectivity index is 1.60. The van der Waals surface area contributed by atoms with Crippen molar-refractivity contribution in [1.82, 2.24) is 15.4 Å². The van der Waals surface area contributed by atoms with Crippen LogP contribution in [0.5, 0.6) is 5.75 Å². The average molecular weight is 373 g/mol. The largest absolute Gasteiger partial charge is 0.497 e. The molecule has 8 nitrogen and oxygen atoms in total. The fourth-order valence-corrected chi connectivity index (χ4v) is 3.14. The lowest BCUT2D eigenvalue weighted by atomic mass is 10.1. The van der Waals surface area contributed by atoms with Gasteiger partial charge in [-0.05, 0) is 24.6 Å². The average Bonchev–Trinajstić information content (AvgIpc) is 3.25. The number of carbonyl (C=O) groups is 2. The van der Waals surface area contributed by atoms with Crippen LogP contribution >= 0.6 is 0 Å². The van der Waals surface area contributed by atoms with E-state index in [1.165, 1.54) is 4.90 Å². The van der Waals surface area contributed by atoms with Gasteiger partial charge in [0.25, 0.3) is 0 Å². The smallest absolute Gasteiger partial charge is 0.243 e. The number of likely N-dealkylation sites (tertiary alicyclic amines) is 1. The number of ether oxygens (including phenoxy) is 1. The van der Waals surface area contributed by atoms with Crippen LogP contribution in [0.1, 0.15) is 23.4 Å². The van der Waals surface area contributed by atoms with Gasteiger partial charge in [0, 0.05) is 25.6 Å². The molecule has 0 aliphatic carbocycles. The minimum atomic E-state index is -0.720. The Morgan fingerprint density at radius 1 is 1.37 bits per heavy atom. The number of rotatable bonds is 6. The Morgan fingerprint density at radius 3 is 2.74 bits per heavy atom. The minimum Gasteiger partial charge on any atom is -0.497 e. The standard InChI is InChI=1S/C19H23N3O5/c1-12-7-16(27-21-12)9-18(24)22-11-14(23)8-17(22)19(25)20-10-13-3-5-15(26-2)6-4-13/h3-7,14,17,23H,8-11H2,1-2H3,(H,20,25)/t14-,17+/m1/s1. The van der Waals surface area contributed by atoms with Crippen molar-refractivity contribution in [2.75, 3.05) is 13.7 Å². The van der Waals surface area contributed by atoms with E-state index in [0.717, 1.165) is 11.3 Å². The molecule has 2 amide bonds. The number of methoxy groups -OCH3 is 1. The summed E-state index contributed by atoms with van der Waals surface area (Å²) in [5.41, 5.74) is 1.60. The number of nitrogens with one attached hydrogen (secondary N) is 1. The molecule has 0 bridgehead atoms. The van der Waals surface area contributed by atoms with Crippen molar-refractivity contribution >= 4 is 11.8 Å². The summed E-state index contributed by atoms with van der Waals surface area (Å²) in [4.78, 5) is 26.6. The molecule has 0 radical (unpaired) electrons. The summed E-state index contributed by atoms with van der Waals surface area (Å²) < 4.78 is 10.2. The third-order valence-corrected chi connectivity index (χ3v) is 4.53. The molecular weight excluding hydrogens is 350 g/mol. The third-order valence-electron chi connectivity index (χ3n) is 4.53. The number of hydrogen-bond acceptors (Lipinski definition) is 6. The molecule has 1 fully saturated rings. The number of aromatic nitrogens is 1. The second-order valence-electron chi connectivity index (χ2n) is 6.63. The predicted molar refractivity (Wildman–Crippen MR) is 95.9 cm³/mol. The highest BCUT2D eigenvalue weighted by atomic mass is 16.5. The van der Waals surface area contributed by atoms with Gasteiger partial charge in [0.2, 0.25) is 11.8 Å². The summed E-state index contributed by atoms with van der Waals surface area (Å²) in [6.45, 7) is 2.23. The maximum atomic E-state index is 12.6. The second-order valence-corrected chi connectivity index (χ2v) is 6.63. The van der Waals surface area contributed by atoms with Crippen LogP contribution in [0.15, 0.2) is 34.9 Å². The highest BCUT2D eigenvalue weighted by Gasteiger charge is 2.38. The monoisotopic (exact) mass is 373 g/mol. The summed E-state index contributed by atoms with van der Waals surface area (Å²) in [6, 6.07) is 8.33. The van der Waals surface area contributed by atoms with Crippen molar-refractivity contribution < 1.29 is 24.0 Å². The normalized spacial score (nSPS) is 19.1. The van der Waals surface area contributed by atoms with Gasteiger partial charge in [-0.15, -0.1) is 0 Å². The number of hydrogen-bond donors (Lipinski definition) is 2. The Hall–Kier alpha value is -2.87. The van der Waals surface area contributed by atoms with Gasteiger partial charge in [-0.3, -0.25) is 9.59 Å². The molecule has 27 heavy (non-hydrogen) atoms. The SMILES string of the molecule is COc1ccc(CNC(=O)[C@@H]2C[C@@H](O)CN2C(=O)Cc2cc(C)no2)cc1. The fraction of sp³-hybridized carbons (Fsp3) is 0.421. The van der Waals surface area contributed by atoms with Crippen molar-refractivity contribution in [3.8, 4) is 5.75 Å². The van der Waals surface area contributed by atoms with Crippen molar-refractivity contribution in [3.05, 3.63) is 47.3 Å². The molecule has 2 aromatic rings. The van der Waals surface area contributed by atoms with Gasteiger partial charge in [-0.25, -0.2) is 0 Å². The van der Waals surface area contributed by atoms with Crippen molar-refractivity contribution in [2.24, 2.45) is 0 Å². The predicted octanol–water partition coefficient (Wildman–Crippen LogP) is 0.812. The summed E-state index contributed by atoms with van der Waals surface area (Å²) >= 11 is 0. The van der Waals surface area contributed by atoms with Gasteiger partial charge in [-0.2, -0.15) is 0 Å². The van der Waals surface area contributed by atoms with E-state index < -0.39 is 12.1 Å². The van der Waals surface area contributed by atoms with E-state index in [-0.39, 0.29) is 31.2 Å². The van der Waals surface area contributed by atoms with E-state index >= 15 is 0 Å². The van der Waals surface area contributed by atoms with Gasteiger partial charge < -0.3 is 24.6 Å². The molecule has 2 heterocycles. The summed E-state index contributed by atoms with van der Waals surface area (Å²) in [7, 11) is 1.59. The maximum Gasteiger partial charge on any atom is 0.243 e. The first-order valence-corrected chi connectivity index (χ1v) is 8.76. The zero-order valence-electron chi connectivity index (χ0n) is 15.3. The van der Waals surface area contributed by atoms with Crippen LogP contribution in [0.2, 0.25) is 0 Å². The van der Waals surface area contributed by atoms with Crippen LogP contribution in [0.25, 0.3) is 0 Å². The molecule has 144 valence electrons. The first-order chi connectivity index (χ1) is 13.0. The molecule has 0 unspecified atom stereocenters. The molecule has 1 aromatic carbocycles. The first-order valence-electron chi connectivity index (χ1n) is 8.76. The molecule has 2 atom stereocenters. The lowest BCUT2D eigenvalue weighted by Gasteiger charge is -2.23. The van der Waals surface area contributed by atoms with Crippen LogP contribution in [0.4, 0.5) is 0 Å². The van der Waals surface area contributed by atoms with Crippen molar-refractivity contribution in [2.45, 2.75) is 38.5 Å². The second kappa shape index (κ2) is 8.22. The number of nitrogens with zero attached hydrogens (tertiary/aromatic N) is 2. The van der Waals surface area contributed by atoms with Crippen LogP contribution in [0.3, 0.4) is 0 Å². The van der Waals surface area contributed by atoms with E-state index in [9.17, 15) is 14.7 Å². The lowest BCUT2D eigenvalue weighted by Crippen LogP contribution is -2.46. The number of amides is 2.